The van der Waals surface area contributed by atoms with Crippen LogP contribution in [0.25, 0.3) is 0 Å². The molecule has 0 aromatic heterocycles. The topological polar surface area (TPSA) is 134 Å². The third kappa shape index (κ3) is 6.16. The molecule has 29 heavy (non-hydrogen) atoms. The van der Waals surface area contributed by atoms with Crippen LogP contribution in [0.4, 0.5) is 10.5 Å². The highest BCUT2D eigenvalue weighted by molar-refractivity contribution is 7.89. The summed E-state index contributed by atoms with van der Waals surface area (Å²) < 4.78 is 31.2. The number of hydrogen-bond acceptors (Lipinski definition) is 6. The van der Waals surface area contributed by atoms with Gasteiger partial charge >= 0.3 is 6.09 Å². The van der Waals surface area contributed by atoms with Crippen LogP contribution >= 0.6 is 0 Å². The quantitative estimate of drug-likeness (QED) is 0.582. The minimum absolute atomic E-state index is 0.0358. The van der Waals surface area contributed by atoms with Crippen molar-refractivity contribution in [3.05, 3.63) is 24.3 Å². The van der Waals surface area contributed by atoms with Crippen molar-refractivity contribution in [1.29, 1.82) is 0 Å². The number of nitrogens with zero attached hydrogens (tertiary/aromatic N) is 1. The van der Waals surface area contributed by atoms with Gasteiger partial charge < -0.3 is 20.7 Å². The second kappa shape index (κ2) is 9.70. The molecule has 0 spiro atoms. The predicted molar refractivity (Wildman–Crippen MR) is 106 cm³/mol. The Labute approximate surface area is 170 Å². The van der Waals surface area contributed by atoms with Crippen molar-refractivity contribution in [1.82, 2.24) is 14.9 Å². The molecule has 1 heterocycles. The standard InChI is InChI=1S/C18H26N4O6S/c1-12(2)9-15(21-18(25)28-3)17(24)20-13-5-4-6-14(10-13)29(26,27)22-8-7-19-16(23)11-22/h4-6,10,12,15H,7-9,11H2,1-3H3,(H,19,23)(H,20,24)(H,21,25). The van der Waals surface area contributed by atoms with Crippen LogP contribution in [0.1, 0.15) is 20.3 Å². The van der Waals surface area contributed by atoms with E-state index in [2.05, 4.69) is 20.7 Å². The van der Waals surface area contributed by atoms with Crippen LogP contribution < -0.4 is 16.0 Å². The summed E-state index contributed by atoms with van der Waals surface area (Å²) in [6, 6.07) is 4.93. The number of rotatable bonds is 7. The maximum atomic E-state index is 12.8. The zero-order valence-electron chi connectivity index (χ0n) is 16.6. The third-order valence-electron chi connectivity index (χ3n) is 4.24. The number of ether oxygens (including phenoxy) is 1. The van der Waals surface area contributed by atoms with Crippen molar-refractivity contribution in [3.8, 4) is 0 Å². The number of alkyl carbamates (subject to hydrolysis) is 1. The molecule has 1 aliphatic heterocycles. The Bertz CT molecular complexity index is 871. The Morgan fingerprint density at radius 1 is 1.31 bits per heavy atom. The number of benzene rings is 1. The highest BCUT2D eigenvalue weighted by Crippen LogP contribution is 2.20. The molecule has 1 atom stereocenters. The van der Waals surface area contributed by atoms with E-state index in [0.29, 0.717) is 6.42 Å². The van der Waals surface area contributed by atoms with Crippen molar-refractivity contribution in [2.45, 2.75) is 31.2 Å². The van der Waals surface area contributed by atoms with Gasteiger partial charge in [-0.15, -0.1) is 0 Å². The van der Waals surface area contributed by atoms with Crippen molar-refractivity contribution in [2.75, 3.05) is 32.1 Å². The minimum Gasteiger partial charge on any atom is -0.453 e. The number of methoxy groups -OCH3 is 1. The van der Waals surface area contributed by atoms with Crippen molar-refractivity contribution in [3.63, 3.8) is 0 Å². The molecule has 0 bridgehead atoms. The van der Waals surface area contributed by atoms with Crippen LogP contribution in [0.5, 0.6) is 0 Å². The SMILES string of the molecule is COC(=O)NC(CC(C)C)C(=O)Nc1cccc(S(=O)(=O)N2CCNC(=O)C2)c1. The maximum Gasteiger partial charge on any atom is 0.407 e. The number of piperazine rings is 1. The van der Waals surface area contributed by atoms with E-state index >= 15 is 0 Å². The van der Waals surface area contributed by atoms with Gasteiger partial charge in [-0.25, -0.2) is 13.2 Å². The second-order valence-corrected chi connectivity index (χ2v) is 8.96. The summed E-state index contributed by atoms with van der Waals surface area (Å²) >= 11 is 0. The number of carbonyl (C=O) groups excluding carboxylic acids is 3. The van der Waals surface area contributed by atoms with E-state index in [1.807, 2.05) is 13.8 Å². The summed E-state index contributed by atoms with van der Waals surface area (Å²) in [5, 5.41) is 7.68. The largest absolute Gasteiger partial charge is 0.453 e. The fraction of sp³-hybridized carbons (Fsp3) is 0.500. The van der Waals surface area contributed by atoms with E-state index in [-0.39, 0.29) is 42.0 Å². The molecule has 11 heteroatoms. The first-order valence-electron chi connectivity index (χ1n) is 9.15. The molecule has 10 nitrogen and oxygen atoms in total. The Balaban J connectivity index is 2.18. The normalized spacial score (nSPS) is 16.1. The molecule has 0 aliphatic carbocycles. The molecule has 160 valence electrons. The van der Waals surface area contributed by atoms with E-state index in [1.165, 1.54) is 25.3 Å². The van der Waals surface area contributed by atoms with E-state index in [1.54, 1.807) is 6.07 Å². The van der Waals surface area contributed by atoms with Crippen LogP contribution in [-0.2, 0) is 24.3 Å². The molecule has 3 amide bonds. The molecule has 1 saturated heterocycles. The van der Waals surface area contributed by atoms with E-state index < -0.39 is 28.1 Å². The molecular weight excluding hydrogens is 400 g/mol. The summed E-state index contributed by atoms with van der Waals surface area (Å²) in [5.74, 6) is -0.731. The van der Waals surface area contributed by atoms with Crippen LogP contribution in [0.2, 0.25) is 0 Å². The summed E-state index contributed by atoms with van der Waals surface area (Å²) in [6.07, 6.45) is -0.354. The van der Waals surface area contributed by atoms with Gasteiger partial charge in [-0.1, -0.05) is 19.9 Å². The molecule has 2 rings (SSSR count). The molecular formula is C18H26N4O6S. The lowest BCUT2D eigenvalue weighted by molar-refractivity contribution is -0.122. The second-order valence-electron chi connectivity index (χ2n) is 7.02. The monoisotopic (exact) mass is 426 g/mol. The van der Waals surface area contributed by atoms with Crippen molar-refractivity contribution < 1.29 is 27.5 Å². The van der Waals surface area contributed by atoms with E-state index in [9.17, 15) is 22.8 Å². The summed E-state index contributed by atoms with van der Waals surface area (Å²) in [6.45, 7) is 3.97. The van der Waals surface area contributed by atoms with Gasteiger partial charge in [0.2, 0.25) is 21.8 Å². The van der Waals surface area contributed by atoms with Gasteiger partial charge in [0.15, 0.2) is 0 Å². The Hall–Kier alpha value is -2.66. The van der Waals surface area contributed by atoms with Gasteiger partial charge in [0.1, 0.15) is 6.04 Å². The Kier molecular flexibility index (Phi) is 7.57. The fourth-order valence-corrected chi connectivity index (χ4v) is 4.28. The van der Waals surface area contributed by atoms with Gasteiger partial charge in [-0.05, 0) is 30.5 Å². The Morgan fingerprint density at radius 3 is 2.66 bits per heavy atom. The summed E-state index contributed by atoms with van der Waals surface area (Å²) in [4.78, 5) is 35.6. The van der Waals surface area contributed by atoms with Gasteiger partial charge in [0.05, 0.1) is 18.6 Å². The number of anilines is 1. The average molecular weight is 426 g/mol. The van der Waals surface area contributed by atoms with E-state index in [0.717, 1.165) is 4.31 Å². The number of carbonyl (C=O) groups is 3. The van der Waals surface area contributed by atoms with Crippen molar-refractivity contribution in [2.24, 2.45) is 5.92 Å². The fourth-order valence-electron chi connectivity index (χ4n) is 2.84. The maximum absolute atomic E-state index is 12.8. The number of hydrogen-bond donors (Lipinski definition) is 3. The van der Waals surface area contributed by atoms with Crippen LogP contribution in [0.3, 0.4) is 0 Å². The molecule has 1 unspecified atom stereocenters. The summed E-state index contributed by atoms with van der Waals surface area (Å²) in [5.41, 5.74) is 0.262. The lowest BCUT2D eigenvalue weighted by Crippen LogP contribution is -2.49. The van der Waals surface area contributed by atoms with Gasteiger partial charge in [-0.2, -0.15) is 4.31 Å². The first-order valence-corrected chi connectivity index (χ1v) is 10.6. The highest BCUT2D eigenvalue weighted by atomic mass is 32.2. The lowest BCUT2D eigenvalue weighted by Gasteiger charge is -2.26. The van der Waals surface area contributed by atoms with Crippen LogP contribution in [-0.4, -0.2) is 63.4 Å². The summed E-state index contributed by atoms with van der Waals surface area (Å²) in [7, 11) is -2.68. The number of sulfonamides is 1. The molecule has 0 radical (unpaired) electrons. The molecule has 1 fully saturated rings. The van der Waals surface area contributed by atoms with Crippen LogP contribution in [0.15, 0.2) is 29.2 Å². The lowest BCUT2D eigenvalue weighted by atomic mass is 10.0. The number of nitrogens with one attached hydrogen (secondary N) is 3. The average Bonchev–Trinajstić information content (AvgIpc) is 2.67. The third-order valence-corrected chi connectivity index (χ3v) is 6.08. The zero-order chi connectivity index (χ0) is 21.6. The van der Waals surface area contributed by atoms with Gasteiger partial charge in [0, 0.05) is 18.8 Å². The van der Waals surface area contributed by atoms with Gasteiger partial charge in [0.25, 0.3) is 0 Å². The van der Waals surface area contributed by atoms with Crippen molar-refractivity contribution >= 4 is 33.6 Å². The smallest absolute Gasteiger partial charge is 0.407 e. The zero-order valence-corrected chi connectivity index (χ0v) is 17.4. The number of amides is 3. The minimum atomic E-state index is -3.88. The predicted octanol–water partition coefficient (Wildman–Crippen LogP) is 0.516. The molecule has 1 aromatic carbocycles. The highest BCUT2D eigenvalue weighted by Gasteiger charge is 2.29. The molecule has 3 N–H and O–H groups in total. The molecule has 0 saturated carbocycles. The first-order chi connectivity index (χ1) is 13.6. The first kappa shape index (κ1) is 22.6. The molecule has 1 aromatic rings. The molecule has 1 aliphatic rings. The van der Waals surface area contributed by atoms with E-state index in [4.69, 9.17) is 0 Å². The van der Waals surface area contributed by atoms with Crippen LogP contribution in [0, 0.1) is 5.92 Å². The van der Waals surface area contributed by atoms with Gasteiger partial charge in [-0.3, -0.25) is 9.59 Å². The Morgan fingerprint density at radius 2 is 2.03 bits per heavy atom.